The van der Waals surface area contributed by atoms with Crippen molar-refractivity contribution in [3.8, 4) is 0 Å². The third-order valence-corrected chi connectivity index (χ3v) is 1.66. The van der Waals surface area contributed by atoms with Crippen LogP contribution in [0, 0.1) is 0 Å². The van der Waals surface area contributed by atoms with Crippen molar-refractivity contribution < 1.29 is 5.43 Å². The zero-order valence-corrected chi connectivity index (χ0v) is 7.70. The average molecular weight is 179 g/mol. The van der Waals surface area contributed by atoms with Crippen LogP contribution < -0.4 is 16.9 Å². The summed E-state index contributed by atoms with van der Waals surface area (Å²) >= 11 is 0. The number of rotatable bonds is 3. The molecule has 6 N–H and O–H groups in total. The van der Waals surface area contributed by atoms with Crippen LogP contribution in [0.4, 0.5) is 5.69 Å². The number of nitrogen functional groups attached to an aromatic ring is 1. The molecule has 0 spiro atoms. The first-order chi connectivity index (χ1) is 6.22. The van der Waals surface area contributed by atoms with Crippen molar-refractivity contribution in [3.63, 3.8) is 0 Å². The summed E-state index contributed by atoms with van der Waals surface area (Å²) in [6.07, 6.45) is 0.671. The molecule has 4 nitrogen and oxygen atoms in total. The fraction of sp³-hybridized carbons (Fsp3) is 0.222. The minimum Gasteiger partial charge on any atom is -0.399 e. The van der Waals surface area contributed by atoms with Crippen LogP contribution in [0.25, 0.3) is 0 Å². The van der Waals surface area contributed by atoms with Gasteiger partial charge in [0, 0.05) is 12.1 Å². The molecule has 0 aromatic heterocycles. The molecule has 0 fully saturated rings. The van der Waals surface area contributed by atoms with Gasteiger partial charge in [0.15, 0.2) is 5.84 Å². The molecule has 0 amide bonds. The first-order valence-electron chi connectivity index (χ1n) is 4.16. The fourth-order valence-electron chi connectivity index (χ4n) is 1.06. The van der Waals surface area contributed by atoms with E-state index in [0.29, 0.717) is 12.3 Å². The zero-order valence-electron chi connectivity index (χ0n) is 7.70. The van der Waals surface area contributed by atoms with Gasteiger partial charge in [-0.2, -0.15) is 0 Å². The van der Waals surface area contributed by atoms with Gasteiger partial charge in [0.05, 0.1) is 7.05 Å². The van der Waals surface area contributed by atoms with Gasteiger partial charge in [0.25, 0.3) is 0 Å². The van der Waals surface area contributed by atoms with Gasteiger partial charge < -0.3 is 11.5 Å². The Bertz CT molecular complexity index is 289. The van der Waals surface area contributed by atoms with Gasteiger partial charge in [0.1, 0.15) is 0 Å². The number of hydrogen-bond donors (Lipinski definition) is 3. The molecular weight excluding hydrogens is 164 g/mol. The van der Waals surface area contributed by atoms with E-state index in [1.165, 1.54) is 0 Å². The van der Waals surface area contributed by atoms with Crippen molar-refractivity contribution in [2.45, 2.75) is 6.42 Å². The molecule has 1 aromatic carbocycles. The summed E-state index contributed by atoms with van der Waals surface area (Å²) in [6, 6.07) is 7.62. The van der Waals surface area contributed by atoms with E-state index in [4.69, 9.17) is 11.5 Å². The summed E-state index contributed by atoms with van der Waals surface area (Å²) in [6.45, 7) is 0. The highest BCUT2D eigenvalue weighted by molar-refractivity contribution is 5.82. The molecule has 0 aliphatic carbocycles. The zero-order chi connectivity index (χ0) is 9.68. The van der Waals surface area contributed by atoms with E-state index in [0.717, 1.165) is 11.3 Å². The molecule has 13 heavy (non-hydrogen) atoms. The number of nitrogens with zero attached hydrogens (tertiary/aromatic N) is 1. The Hall–Kier alpha value is -1.55. The van der Waals surface area contributed by atoms with Crippen molar-refractivity contribution in [3.05, 3.63) is 29.8 Å². The Morgan fingerprint density at radius 3 is 2.54 bits per heavy atom. The summed E-state index contributed by atoms with van der Waals surface area (Å²) in [5.41, 5.74) is 14.8. The molecule has 4 heteroatoms. The molecule has 1 aromatic rings. The molecule has 0 aliphatic rings. The topological polar surface area (TPSA) is 81.0 Å². The SMILES string of the molecule is C[NH2+]/N=C(\N)Cc1ccc(N)cc1. The van der Waals surface area contributed by atoms with Crippen molar-refractivity contribution in [1.29, 1.82) is 0 Å². The average Bonchev–Trinajstić information content (AvgIpc) is 2.09. The van der Waals surface area contributed by atoms with Crippen LogP contribution in [0.2, 0.25) is 0 Å². The molecule has 0 heterocycles. The first kappa shape index (κ1) is 9.54. The normalized spacial score (nSPS) is 11.6. The second kappa shape index (κ2) is 4.47. The third kappa shape index (κ3) is 3.13. The maximum absolute atomic E-state index is 5.64. The van der Waals surface area contributed by atoms with Crippen LogP contribution in [-0.2, 0) is 6.42 Å². The van der Waals surface area contributed by atoms with Crippen LogP contribution in [-0.4, -0.2) is 12.9 Å². The number of quaternary nitrogens is 1. The molecule has 1 rings (SSSR count). The monoisotopic (exact) mass is 179 g/mol. The van der Waals surface area contributed by atoms with Gasteiger partial charge in [-0.1, -0.05) is 17.2 Å². The van der Waals surface area contributed by atoms with Crippen molar-refractivity contribution >= 4 is 11.5 Å². The molecule has 0 atom stereocenters. The van der Waals surface area contributed by atoms with Gasteiger partial charge in [0.2, 0.25) is 0 Å². The summed E-state index contributed by atoms with van der Waals surface area (Å²) in [5, 5.41) is 3.98. The number of nitrogens with two attached hydrogens (primary N) is 3. The maximum atomic E-state index is 5.64. The number of amidine groups is 1. The molecule has 0 unspecified atom stereocenters. The van der Waals surface area contributed by atoms with Gasteiger partial charge in [-0.25, -0.2) is 5.43 Å². The lowest BCUT2D eigenvalue weighted by Gasteiger charge is -1.99. The van der Waals surface area contributed by atoms with Crippen LogP contribution >= 0.6 is 0 Å². The molecule has 0 radical (unpaired) electrons. The Morgan fingerprint density at radius 2 is 2.00 bits per heavy atom. The molecule has 70 valence electrons. The fourth-order valence-corrected chi connectivity index (χ4v) is 1.06. The molecule has 0 saturated heterocycles. The Balaban J connectivity index is 2.64. The Kier molecular flexibility index (Phi) is 3.28. The quantitative estimate of drug-likeness (QED) is 0.188. The van der Waals surface area contributed by atoms with E-state index in [1.54, 1.807) is 5.43 Å². The highest BCUT2D eigenvalue weighted by atomic mass is 15.3. The van der Waals surface area contributed by atoms with Crippen molar-refractivity contribution in [1.82, 2.24) is 0 Å². The number of benzene rings is 1. The summed E-state index contributed by atoms with van der Waals surface area (Å²) in [4.78, 5) is 0. The molecule has 0 bridgehead atoms. The second-order valence-corrected chi connectivity index (χ2v) is 2.80. The lowest BCUT2D eigenvalue weighted by atomic mass is 10.1. The minimum atomic E-state index is 0.618. The standard InChI is InChI=1S/C9H14N4/c1-12-13-9(11)6-7-2-4-8(10)5-3-7/h2-5,12H,6,10H2,1H3,(H2,11,13)/p+1. The molecule has 0 aliphatic heterocycles. The van der Waals surface area contributed by atoms with Gasteiger partial charge in [-0.15, -0.1) is 0 Å². The smallest absolute Gasteiger partial charge is 0.159 e. The van der Waals surface area contributed by atoms with Crippen molar-refractivity contribution in [2.24, 2.45) is 10.8 Å². The Labute approximate surface area is 77.6 Å². The third-order valence-electron chi connectivity index (χ3n) is 1.66. The highest BCUT2D eigenvalue weighted by Gasteiger charge is 1.97. The van der Waals surface area contributed by atoms with Crippen molar-refractivity contribution in [2.75, 3.05) is 12.8 Å². The van der Waals surface area contributed by atoms with E-state index in [-0.39, 0.29) is 0 Å². The van der Waals surface area contributed by atoms with E-state index in [2.05, 4.69) is 5.10 Å². The first-order valence-corrected chi connectivity index (χ1v) is 4.16. The minimum absolute atomic E-state index is 0.618. The predicted octanol–water partition coefficient (Wildman–Crippen LogP) is -0.723. The van der Waals surface area contributed by atoms with E-state index in [9.17, 15) is 0 Å². The summed E-state index contributed by atoms with van der Waals surface area (Å²) < 4.78 is 0. The van der Waals surface area contributed by atoms with Gasteiger partial charge in [-0.05, 0) is 17.7 Å². The van der Waals surface area contributed by atoms with E-state index >= 15 is 0 Å². The van der Waals surface area contributed by atoms with E-state index < -0.39 is 0 Å². The van der Waals surface area contributed by atoms with E-state index in [1.807, 2.05) is 31.3 Å². The maximum Gasteiger partial charge on any atom is 0.159 e. The van der Waals surface area contributed by atoms with Crippen LogP contribution in [0.3, 0.4) is 0 Å². The second-order valence-electron chi connectivity index (χ2n) is 2.80. The summed E-state index contributed by atoms with van der Waals surface area (Å²) in [7, 11) is 1.84. The lowest BCUT2D eigenvalue weighted by Crippen LogP contribution is -2.73. The molecule has 0 saturated carbocycles. The van der Waals surface area contributed by atoms with Crippen LogP contribution in [0.1, 0.15) is 5.56 Å². The highest BCUT2D eigenvalue weighted by Crippen LogP contribution is 2.05. The largest absolute Gasteiger partial charge is 0.399 e. The van der Waals surface area contributed by atoms with Gasteiger partial charge in [-0.3, -0.25) is 0 Å². The predicted molar refractivity (Wildman–Crippen MR) is 54.0 cm³/mol. The van der Waals surface area contributed by atoms with Crippen LogP contribution in [0.5, 0.6) is 0 Å². The summed E-state index contributed by atoms with van der Waals surface area (Å²) in [5.74, 6) is 0.618. The number of anilines is 1. The molecular formula is C9H15N4+. The van der Waals surface area contributed by atoms with Gasteiger partial charge >= 0.3 is 0 Å². The lowest BCUT2D eigenvalue weighted by molar-refractivity contribution is -0.633. The van der Waals surface area contributed by atoms with Crippen LogP contribution in [0.15, 0.2) is 29.4 Å². The number of hydrogen-bond acceptors (Lipinski definition) is 2. The Morgan fingerprint density at radius 1 is 1.38 bits per heavy atom.